The van der Waals surface area contributed by atoms with E-state index >= 15 is 0 Å². The van der Waals surface area contributed by atoms with Crippen molar-refractivity contribution in [3.63, 3.8) is 0 Å². The van der Waals surface area contributed by atoms with Crippen LogP contribution in [0.4, 0.5) is 11.5 Å². The zero-order valence-corrected chi connectivity index (χ0v) is 14.4. The molecule has 3 rings (SSSR count). The third-order valence-electron chi connectivity index (χ3n) is 3.25. The maximum Gasteiger partial charge on any atom is 0.221 e. The molecule has 0 aliphatic carbocycles. The highest BCUT2D eigenvalue weighted by molar-refractivity contribution is 6.32. The Morgan fingerprint density at radius 3 is 2.71 bits per heavy atom. The fourth-order valence-electron chi connectivity index (χ4n) is 2.13. The lowest BCUT2D eigenvalue weighted by Crippen LogP contribution is -2.05. The van der Waals surface area contributed by atoms with Crippen LogP contribution in [-0.2, 0) is 4.79 Å². The minimum Gasteiger partial charge on any atom is -0.495 e. The summed E-state index contributed by atoms with van der Waals surface area (Å²) in [6.07, 6.45) is 0. The molecule has 1 heterocycles. The highest BCUT2D eigenvalue weighted by Crippen LogP contribution is 2.25. The van der Waals surface area contributed by atoms with E-state index in [1.165, 1.54) is 6.92 Å². The number of aromatic nitrogens is 2. The van der Waals surface area contributed by atoms with E-state index in [0.29, 0.717) is 16.5 Å². The molecule has 1 aromatic heterocycles. The number of carbonyl (C=O) groups is 1. The van der Waals surface area contributed by atoms with Gasteiger partial charge in [0.05, 0.1) is 23.3 Å². The molecule has 4 N–H and O–H groups in total. The van der Waals surface area contributed by atoms with E-state index in [4.69, 9.17) is 22.1 Å². The van der Waals surface area contributed by atoms with Crippen LogP contribution in [-0.4, -0.2) is 23.2 Å². The van der Waals surface area contributed by atoms with Gasteiger partial charge in [-0.25, -0.2) is 0 Å². The number of anilines is 2. The summed E-state index contributed by atoms with van der Waals surface area (Å²) in [6, 6.07) is 11.2. The molecule has 0 radical (unpaired) electrons. The van der Waals surface area contributed by atoms with Gasteiger partial charge in [-0.1, -0.05) is 23.7 Å². The first kappa shape index (κ1) is 17.6. The van der Waals surface area contributed by atoms with Crippen molar-refractivity contribution < 1.29 is 9.53 Å². The number of para-hydroxylation sites is 1. The van der Waals surface area contributed by atoms with E-state index in [2.05, 4.69) is 15.5 Å². The van der Waals surface area contributed by atoms with Crippen LogP contribution in [0.1, 0.15) is 12.5 Å². The lowest BCUT2D eigenvalue weighted by Gasteiger charge is -2.02. The average Bonchev–Trinajstić information content (AvgIpc) is 2.90. The normalized spacial score (nSPS) is 10.0. The Bertz CT molecular complexity index is 861. The fourth-order valence-corrected chi connectivity index (χ4v) is 2.44. The van der Waals surface area contributed by atoms with Crippen molar-refractivity contribution in [3.05, 3.63) is 47.0 Å². The van der Waals surface area contributed by atoms with Crippen LogP contribution in [0.5, 0.6) is 5.75 Å². The van der Waals surface area contributed by atoms with Crippen LogP contribution in [0.2, 0.25) is 5.02 Å². The van der Waals surface area contributed by atoms with Gasteiger partial charge in [0.2, 0.25) is 5.91 Å². The van der Waals surface area contributed by atoms with Gasteiger partial charge in [0, 0.05) is 12.3 Å². The van der Waals surface area contributed by atoms with Crippen LogP contribution in [0.15, 0.2) is 36.4 Å². The lowest BCUT2D eigenvalue weighted by molar-refractivity contribution is -0.114. The van der Waals surface area contributed by atoms with Crippen LogP contribution < -0.4 is 15.8 Å². The highest BCUT2D eigenvalue weighted by Gasteiger charge is 2.06. The van der Waals surface area contributed by atoms with Crippen molar-refractivity contribution in [3.8, 4) is 5.75 Å². The minimum absolute atomic E-state index is 0.120. The number of fused-ring (bicyclic) bond motifs is 1. The molecule has 0 bridgehead atoms. The number of amides is 1. The molecule has 24 heavy (non-hydrogen) atoms. The predicted octanol–water partition coefficient (Wildman–Crippen LogP) is 3.76. The van der Waals surface area contributed by atoms with Gasteiger partial charge in [0.15, 0.2) is 5.82 Å². The number of rotatable bonds is 2. The Morgan fingerprint density at radius 1 is 1.33 bits per heavy atom. The van der Waals surface area contributed by atoms with E-state index in [0.717, 1.165) is 22.2 Å². The summed E-state index contributed by atoms with van der Waals surface area (Å²) in [5.74, 6) is 1.05. The summed E-state index contributed by atoms with van der Waals surface area (Å²) in [7, 11) is 1.61. The van der Waals surface area contributed by atoms with Gasteiger partial charge in [-0.15, -0.1) is 0 Å². The van der Waals surface area contributed by atoms with Crippen LogP contribution in [0.25, 0.3) is 10.9 Å². The number of aromatic amines is 1. The Kier molecular flexibility index (Phi) is 5.65. The van der Waals surface area contributed by atoms with Crippen molar-refractivity contribution in [2.24, 2.45) is 0 Å². The summed E-state index contributed by atoms with van der Waals surface area (Å²) in [5.41, 5.74) is 8.21. The topological polar surface area (TPSA) is 93.0 Å². The maximum atomic E-state index is 10.9. The number of H-pyrrole nitrogens is 1. The molecule has 0 spiro atoms. The smallest absolute Gasteiger partial charge is 0.221 e. The molecule has 126 valence electrons. The van der Waals surface area contributed by atoms with Gasteiger partial charge in [-0.05, 0) is 36.8 Å². The predicted molar refractivity (Wildman–Crippen MR) is 97.6 cm³/mol. The number of nitrogens with one attached hydrogen (secondary N) is 2. The maximum absolute atomic E-state index is 10.9. The molecular formula is C17H19ClN4O2. The van der Waals surface area contributed by atoms with Crippen LogP contribution in [0.3, 0.4) is 0 Å². The molecule has 1 amide bonds. The van der Waals surface area contributed by atoms with E-state index in [9.17, 15) is 4.79 Å². The summed E-state index contributed by atoms with van der Waals surface area (Å²) in [5, 5.41) is 10.8. The highest BCUT2D eigenvalue weighted by atomic mass is 35.5. The first-order chi connectivity index (χ1) is 11.4. The Labute approximate surface area is 145 Å². The number of benzene rings is 2. The number of nitrogens with zero attached hydrogens (tertiary/aromatic N) is 1. The molecular weight excluding hydrogens is 328 g/mol. The SMILES string of the molecule is CC(=O)Nc1cccc2c(N)n[nH]c12.COc1ccc(C)cc1Cl. The Hall–Kier alpha value is -2.73. The van der Waals surface area contributed by atoms with E-state index in [1.807, 2.05) is 37.3 Å². The second kappa shape index (κ2) is 7.70. The monoisotopic (exact) mass is 346 g/mol. The zero-order valence-electron chi connectivity index (χ0n) is 13.7. The molecule has 0 aliphatic heterocycles. The number of nitrogen functional groups attached to an aromatic ring is 1. The number of hydrogen-bond donors (Lipinski definition) is 3. The number of aryl methyl sites for hydroxylation is 1. The number of nitrogens with two attached hydrogens (primary N) is 1. The fraction of sp³-hybridized carbons (Fsp3) is 0.176. The lowest BCUT2D eigenvalue weighted by atomic mass is 10.2. The summed E-state index contributed by atoms with van der Waals surface area (Å²) in [6.45, 7) is 3.45. The van der Waals surface area contributed by atoms with Gasteiger partial charge >= 0.3 is 0 Å². The molecule has 0 fully saturated rings. The second-order valence-electron chi connectivity index (χ2n) is 5.16. The van der Waals surface area contributed by atoms with Gasteiger partial charge in [-0.2, -0.15) is 5.10 Å². The zero-order chi connectivity index (χ0) is 17.7. The quantitative estimate of drug-likeness (QED) is 0.658. The number of hydrogen-bond acceptors (Lipinski definition) is 4. The van der Waals surface area contributed by atoms with Crippen molar-refractivity contribution >= 4 is 39.9 Å². The van der Waals surface area contributed by atoms with E-state index in [1.54, 1.807) is 13.2 Å². The number of ether oxygens (including phenoxy) is 1. The van der Waals surface area contributed by atoms with Gasteiger partial charge < -0.3 is 15.8 Å². The van der Waals surface area contributed by atoms with Gasteiger partial charge in [0.25, 0.3) is 0 Å². The number of methoxy groups -OCH3 is 1. The summed E-state index contributed by atoms with van der Waals surface area (Å²) in [4.78, 5) is 10.9. The summed E-state index contributed by atoms with van der Waals surface area (Å²) < 4.78 is 4.97. The molecule has 0 aliphatic rings. The summed E-state index contributed by atoms with van der Waals surface area (Å²) >= 11 is 5.80. The number of carbonyl (C=O) groups excluding carboxylic acids is 1. The first-order valence-electron chi connectivity index (χ1n) is 7.22. The minimum atomic E-state index is -0.120. The molecule has 7 heteroatoms. The largest absolute Gasteiger partial charge is 0.495 e. The first-order valence-corrected chi connectivity index (χ1v) is 7.60. The second-order valence-corrected chi connectivity index (χ2v) is 5.56. The van der Waals surface area contributed by atoms with Gasteiger partial charge in [0.1, 0.15) is 5.75 Å². The third-order valence-corrected chi connectivity index (χ3v) is 3.54. The molecule has 0 saturated carbocycles. The van der Waals surface area contributed by atoms with Gasteiger partial charge in [-0.3, -0.25) is 9.89 Å². The molecule has 0 unspecified atom stereocenters. The molecule has 6 nitrogen and oxygen atoms in total. The third kappa shape index (κ3) is 4.17. The average molecular weight is 347 g/mol. The molecule has 0 saturated heterocycles. The molecule has 2 aromatic carbocycles. The van der Waals surface area contributed by atoms with Crippen molar-refractivity contribution in [2.45, 2.75) is 13.8 Å². The van der Waals surface area contributed by atoms with Crippen LogP contribution in [0, 0.1) is 6.92 Å². The van der Waals surface area contributed by atoms with Crippen LogP contribution >= 0.6 is 11.6 Å². The van der Waals surface area contributed by atoms with E-state index in [-0.39, 0.29) is 5.91 Å². The van der Waals surface area contributed by atoms with Crippen molar-refractivity contribution in [1.29, 1.82) is 0 Å². The Morgan fingerprint density at radius 2 is 2.08 bits per heavy atom. The standard InChI is InChI=1S/C9H10N4O.C8H9ClO/c1-5(14)11-7-4-2-3-6-8(7)12-13-9(6)10;1-6-3-4-8(10-2)7(9)5-6/h2-4H,1H3,(H,11,14)(H3,10,12,13);3-5H,1-2H3. The Balaban J connectivity index is 0.000000185. The van der Waals surface area contributed by atoms with Crippen molar-refractivity contribution in [1.82, 2.24) is 10.2 Å². The number of halogens is 1. The van der Waals surface area contributed by atoms with Crippen molar-refractivity contribution in [2.75, 3.05) is 18.2 Å². The molecule has 0 atom stereocenters. The molecule has 3 aromatic rings. The van der Waals surface area contributed by atoms with E-state index < -0.39 is 0 Å².